The molecule has 0 saturated carbocycles. The van der Waals surface area contributed by atoms with Crippen LogP contribution in [0.15, 0.2) is 35.2 Å². The lowest BCUT2D eigenvalue weighted by atomic mass is 10.2. The van der Waals surface area contributed by atoms with Gasteiger partial charge in [-0.15, -0.1) is 0 Å². The number of nitrogens with zero attached hydrogens (tertiary/aromatic N) is 1. The van der Waals surface area contributed by atoms with Crippen molar-refractivity contribution in [2.75, 3.05) is 6.61 Å². The van der Waals surface area contributed by atoms with Crippen LogP contribution in [0.2, 0.25) is 0 Å². The fraction of sp³-hybridized carbons (Fsp3) is 0.167. The van der Waals surface area contributed by atoms with Gasteiger partial charge in [-0.05, 0) is 19.1 Å². The molecular formula is C12H9NO5. The van der Waals surface area contributed by atoms with Crippen molar-refractivity contribution >= 4 is 17.7 Å². The molecule has 0 N–H and O–H groups in total. The van der Waals surface area contributed by atoms with E-state index in [1.165, 1.54) is 18.2 Å². The highest BCUT2D eigenvalue weighted by atomic mass is 16.6. The topological polar surface area (TPSA) is 74.2 Å². The van der Waals surface area contributed by atoms with E-state index < -0.39 is 5.97 Å². The molecule has 2 rings (SSSR count). The third-order valence-electron chi connectivity index (χ3n) is 2.09. The summed E-state index contributed by atoms with van der Waals surface area (Å²) in [6.45, 7) is 1.94. The van der Waals surface area contributed by atoms with Crippen LogP contribution in [0.4, 0.5) is 5.69 Å². The largest absolute Gasteiger partial charge is 0.460 e. The van der Waals surface area contributed by atoms with Crippen molar-refractivity contribution in [2.45, 2.75) is 6.92 Å². The predicted octanol–water partition coefficient (Wildman–Crippen LogP) is 1.83. The molecule has 0 bridgehead atoms. The van der Waals surface area contributed by atoms with E-state index in [-0.39, 0.29) is 12.4 Å². The fourth-order valence-electron chi connectivity index (χ4n) is 1.35. The summed E-state index contributed by atoms with van der Waals surface area (Å²) in [5.74, 6) is 0.0825. The first-order valence-corrected chi connectivity index (χ1v) is 5.18. The number of esters is 1. The summed E-state index contributed by atoms with van der Waals surface area (Å²) in [5, 5.41) is 0. The maximum Gasteiger partial charge on any atom is 0.377 e. The number of benzene rings is 1. The molecule has 0 radical (unpaired) electrons. The van der Waals surface area contributed by atoms with Crippen molar-refractivity contribution in [3.8, 4) is 11.5 Å². The van der Waals surface area contributed by atoms with Gasteiger partial charge in [0.25, 0.3) is 0 Å². The summed E-state index contributed by atoms with van der Waals surface area (Å²) in [5.41, 5.74) is 0.389. The van der Waals surface area contributed by atoms with E-state index in [1.807, 2.05) is 0 Å². The Kier molecular flexibility index (Phi) is 3.41. The third kappa shape index (κ3) is 2.39. The predicted molar refractivity (Wildman–Crippen MR) is 60.2 cm³/mol. The lowest BCUT2D eigenvalue weighted by molar-refractivity contribution is -0.141. The fourth-order valence-corrected chi connectivity index (χ4v) is 1.35. The van der Waals surface area contributed by atoms with Crippen LogP contribution >= 0.6 is 0 Å². The van der Waals surface area contributed by atoms with Gasteiger partial charge in [0.05, 0.1) is 12.3 Å². The second kappa shape index (κ2) is 5.16. The summed E-state index contributed by atoms with van der Waals surface area (Å²) in [6, 6.07) is 4.58. The first kappa shape index (κ1) is 11.9. The zero-order valence-electron chi connectivity index (χ0n) is 9.50. The van der Waals surface area contributed by atoms with Gasteiger partial charge in [0.15, 0.2) is 11.5 Å². The number of rotatable bonds is 3. The molecule has 18 heavy (non-hydrogen) atoms. The Hall–Kier alpha value is -2.59. The van der Waals surface area contributed by atoms with Crippen LogP contribution in [-0.4, -0.2) is 18.7 Å². The highest BCUT2D eigenvalue weighted by Gasteiger charge is 2.21. The molecule has 0 aliphatic carbocycles. The van der Waals surface area contributed by atoms with Gasteiger partial charge in [-0.2, -0.15) is 4.99 Å². The average molecular weight is 247 g/mol. The molecule has 6 heteroatoms. The molecule has 6 nitrogen and oxygen atoms in total. The number of hydrogen-bond acceptors (Lipinski definition) is 6. The van der Waals surface area contributed by atoms with Gasteiger partial charge in [0.2, 0.25) is 11.8 Å². The van der Waals surface area contributed by atoms with Crippen LogP contribution in [0.1, 0.15) is 6.92 Å². The maximum atomic E-state index is 11.4. The lowest BCUT2D eigenvalue weighted by Gasteiger charge is -2.16. The first-order valence-electron chi connectivity index (χ1n) is 5.18. The molecule has 0 aromatic heterocycles. The molecule has 1 aliphatic heterocycles. The number of fused-ring (bicyclic) bond motifs is 1. The van der Waals surface area contributed by atoms with E-state index in [9.17, 15) is 9.59 Å². The zero-order valence-corrected chi connectivity index (χ0v) is 9.50. The van der Waals surface area contributed by atoms with Crippen molar-refractivity contribution in [2.24, 2.45) is 4.99 Å². The smallest absolute Gasteiger partial charge is 0.377 e. The Morgan fingerprint density at radius 3 is 3.00 bits per heavy atom. The summed E-state index contributed by atoms with van der Waals surface area (Å²) >= 11 is 0. The van der Waals surface area contributed by atoms with Crippen molar-refractivity contribution in [1.29, 1.82) is 0 Å². The number of carbonyl (C=O) groups excluding carboxylic acids is 2. The Labute approximate surface area is 102 Å². The van der Waals surface area contributed by atoms with Gasteiger partial charge in [-0.1, -0.05) is 0 Å². The Bertz CT molecular complexity index is 558. The molecule has 0 atom stereocenters. The molecule has 1 aromatic carbocycles. The molecule has 0 fully saturated rings. The van der Waals surface area contributed by atoms with Crippen LogP contribution in [0.3, 0.4) is 0 Å². The molecule has 92 valence electrons. The number of isocyanates is 1. The third-order valence-corrected chi connectivity index (χ3v) is 2.09. The number of ether oxygens (including phenoxy) is 3. The summed E-state index contributed by atoms with van der Waals surface area (Å²) in [7, 11) is 0. The summed E-state index contributed by atoms with van der Waals surface area (Å²) < 4.78 is 15.3. The summed E-state index contributed by atoms with van der Waals surface area (Å²) in [6.07, 6.45) is 2.57. The Morgan fingerprint density at radius 1 is 1.44 bits per heavy atom. The Balaban J connectivity index is 2.21. The van der Waals surface area contributed by atoms with Gasteiger partial charge >= 0.3 is 5.97 Å². The summed E-state index contributed by atoms with van der Waals surface area (Å²) in [4.78, 5) is 25.0. The van der Waals surface area contributed by atoms with Crippen molar-refractivity contribution in [3.63, 3.8) is 0 Å². The van der Waals surface area contributed by atoms with E-state index in [0.717, 1.165) is 6.26 Å². The van der Waals surface area contributed by atoms with Crippen LogP contribution in [0.5, 0.6) is 11.5 Å². The molecule has 1 heterocycles. The molecule has 0 spiro atoms. The lowest BCUT2D eigenvalue weighted by Crippen LogP contribution is -2.16. The zero-order chi connectivity index (χ0) is 13.0. The monoisotopic (exact) mass is 247 g/mol. The maximum absolute atomic E-state index is 11.4. The molecule has 0 saturated heterocycles. The van der Waals surface area contributed by atoms with E-state index in [4.69, 9.17) is 14.2 Å². The second-order valence-corrected chi connectivity index (χ2v) is 3.26. The minimum Gasteiger partial charge on any atom is -0.460 e. The molecule has 0 amide bonds. The quantitative estimate of drug-likeness (QED) is 0.462. The number of aliphatic imine (C=N–C) groups is 1. The highest BCUT2D eigenvalue weighted by Crippen LogP contribution is 2.35. The van der Waals surface area contributed by atoms with E-state index in [1.54, 1.807) is 13.0 Å². The van der Waals surface area contributed by atoms with Crippen molar-refractivity contribution < 1.29 is 23.8 Å². The minimum absolute atomic E-state index is 0.0315. The number of carbonyl (C=O) groups is 1. The van der Waals surface area contributed by atoms with Crippen LogP contribution in [-0.2, 0) is 14.3 Å². The van der Waals surface area contributed by atoms with Crippen LogP contribution in [0.25, 0.3) is 0 Å². The highest BCUT2D eigenvalue weighted by molar-refractivity contribution is 5.87. The standard InChI is InChI=1S/C12H9NO5/c1-2-16-12(15)11-6-17-10-5-8(13-7-14)3-4-9(10)18-11/h3-6H,2H2,1H3. The molecule has 1 aromatic rings. The van der Waals surface area contributed by atoms with Crippen molar-refractivity contribution in [1.82, 2.24) is 0 Å². The van der Waals surface area contributed by atoms with E-state index >= 15 is 0 Å². The van der Waals surface area contributed by atoms with Crippen molar-refractivity contribution in [3.05, 3.63) is 30.2 Å². The average Bonchev–Trinajstić information content (AvgIpc) is 2.39. The van der Waals surface area contributed by atoms with Gasteiger partial charge in [-0.3, -0.25) is 0 Å². The second-order valence-electron chi connectivity index (χ2n) is 3.26. The van der Waals surface area contributed by atoms with Gasteiger partial charge in [-0.25, -0.2) is 9.59 Å². The Morgan fingerprint density at radius 2 is 2.28 bits per heavy atom. The molecule has 1 aliphatic rings. The number of hydrogen-bond donors (Lipinski definition) is 0. The normalized spacial score (nSPS) is 12.2. The van der Waals surface area contributed by atoms with Gasteiger partial charge < -0.3 is 14.2 Å². The van der Waals surface area contributed by atoms with Crippen LogP contribution in [0, 0.1) is 0 Å². The van der Waals surface area contributed by atoms with Gasteiger partial charge in [0.1, 0.15) is 6.26 Å². The molecule has 0 unspecified atom stereocenters. The van der Waals surface area contributed by atoms with Gasteiger partial charge in [0, 0.05) is 6.07 Å². The van der Waals surface area contributed by atoms with E-state index in [0.29, 0.717) is 17.2 Å². The SMILES string of the molecule is CCOC(=O)C1=COc2cc(N=C=O)ccc2O1. The van der Waals surface area contributed by atoms with E-state index in [2.05, 4.69) is 4.99 Å². The first-order chi connectivity index (χ1) is 8.74. The van der Waals surface area contributed by atoms with Crippen LogP contribution < -0.4 is 9.47 Å². The molecular weight excluding hydrogens is 238 g/mol. The minimum atomic E-state index is -0.599.